The van der Waals surface area contributed by atoms with Crippen LogP contribution in [0.4, 0.5) is 5.69 Å². The summed E-state index contributed by atoms with van der Waals surface area (Å²) in [6.07, 6.45) is 1.81. The minimum Gasteiger partial charge on any atom is -0.480 e. The summed E-state index contributed by atoms with van der Waals surface area (Å²) >= 11 is 1.38. The van der Waals surface area contributed by atoms with E-state index in [9.17, 15) is 9.59 Å². The largest absolute Gasteiger partial charge is 0.480 e. The van der Waals surface area contributed by atoms with Crippen molar-refractivity contribution < 1.29 is 14.7 Å². The normalized spacial score (nSPS) is 10.0. The molecule has 1 rings (SSSR count). The molecular formula is C12H15NO3S. The summed E-state index contributed by atoms with van der Waals surface area (Å²) in [5.41, 5.74) is 1.69. The monoisotopic (exact) mass is 253 g/mol. The van der Waals surface area contributed by atoms with Crippen LogP contribution in [0.1, 0.15) is 5.56 Å². The average Bonchev–Trinajstić information content (AvgIpc) is 2.27. The number of hydrogen-bond donors (Lipinski definition) is 1. The van der Waals surface area contributed by atoms with E-state index >= 15 is 0 Å². The van der Waals surface area contributed by atoms with Gasteiger partial charge >= 0.3 is 5.97 Å². The van der Waals surface area contributed by atoms with E-state index in [0.29, 0.717) is 5.69 Å². The Bertz CT molecular complexity index is 403. The van der Waals surface area contributed by atoms with Gasteiger partial charge in [0.2, 0.25) is 5.91 Å². The molecule has 1 aromatic rings. The van der Waals surface area contributed by atoms with Gasteiger partial charge in [-0.3, -0.25) is 9.59 Å². The van der Waals surface area contributed by atoms with E-state index in [2.05, 4.69) is 0 Å². The Balaban J connectivity index is 2.92. The molecule has 1 N–H and O–H groups in total. The van der Waals surface area contributed by atoms with Crippen molar-refractivity contribution in [3.8, 4) is 0 Å². The smallest absolute Gasteiger partial charge is 0.323 e. The van der Waals surface area contributed by atoms with Crippen molar-refractivity contribution >= 4 is 29.3 Å². The summed E-state index contributed by atoms with van der Waals surface area (Å²) in [6, 6.07) is 7.24. The predicted octanol–water partition coefficient (Wildman–Crippen LogP) is 1.78. The molecule has 0 heterocycles. The lowest BCUT2D eigenvalue weighted by Crippen LogP contribution is -2.36. The second kappa shape index (κ2) is 6.30. The Labute approximate surface area is 105 Å². The molecule has 0 aliphatic carbocycles. The highest BCUT2D eigenvalue weighted by atomic mass is 32.2. The topological polar surface area (TPSA) is 57.6 Å². The molecular weight excluding hydrogens is 238 g/mol. The first-order chi connectivity index (χ1) is 8.04. The number of carboxylic acids is 1. The maximum absolute atomic E-state index is 11.8. The molecule has 0 aromatic heterocycles. The van der Waals surface area contributed by atoms with Crippen molar-refractivity contribution in [1.29, 1.82) is 0 Å². The van der Waals surface area contributed by atoms with Crippen molar-refractivity contribution in [3.63, 3.8) is 0 Å². The highest BCUT2D eigenvalue weighted by molar-refractivity contribution is 7.99. The first kappa shape index (κ1) is 13.6. The summed E-state index contributed by atoms with van der Waals surface area (Å²) in [4.78, 5) is 23.9. The van der Waals surface area contributed by atoms with Gasteiger partial charge in [-0.2, -0.15) is 11.8 Å². The summed E-state index contributed by atoms with van der Waals surface area (Å²) in [7, 11) is 0. The van der Waals surface area contributed by atoms with Crippen LogP contribution in [0.15, 0.2) is 24.3 Å². The maximum Gasteiger partial charge on any atom is 0.323 e. The Kier molecular flexibility index (Phi) is 5.03. The standard InChI is InChI=1S/C12H15NO3S/c1-9-3-5-10(6-4-9)13(7-12(15)16)11(14)8-17-2/h3-6H,7-8H2,1-2H3,(H,15,16). The Morgan fingerprint density at radius 3 is 2.35 bits per heavy atom. The van der Waals surface area contributed by atoms with E-state index in [4.69, 9.17) is 5.11 Å². The van der Waals surface area contributed by atoms with Crippen LogP contribution in [0.25, 0.3) is 0 Å². The summed E-state index contributed by atoms with van der Waals surface area (Å²) in [6.45, 7) is 1.64. The highest BCUT2D eigenvalue weighted by Gasteiger charge is 2.17. The number of thioether (sulfide) groups is 1. The third kappa shape index (κ3) is 4.11. The third-order valence-electron chi connectivity index (χ3n) is 2.21. The molecule has 92 valence electrons. The Morgan fingerprint density at radius 2 is 1.88 bits per heavy atom. The summed E-state index contributed by atoms with van der Waals surface area (Å²) < 4.78 is 0. The molecule has 1 aromatic carbocycles. The van der Waals surface area contributed by atoms with Gasteiger partial charge in [-0.15, -0.1) is 0 Å². The van der Waals surface area contributed by atoms with Crippen molar-refractivity contribution in [3.05, 3.63) is 29.8 Å². The van der Waals surface area contributed by atoms with Crippen LogP contribution in [0.3, 0.4) is 0 Å². The van der Waals surface area contributed by atoms with Crippen LogP contribution in [-0.4, -0.2) is 35.5 Å². The molecule has 0 saturated carbocycles. The number of aryl methyl sites for hydroxylation is 1. The molecule has 0 spiro atoms. The van der Waals surface area contributed by atoms with Gasteiger partial charge in [-0.05, 0) is 25.3 Å². The number of nitrogens with zero attached hydrogens (tertiary/aromatic N) is 1. The molecule has 0 aliphatic rings. The summed E-state index contributed by atoms with van der Waals surface area (Å²) in [5, 5.41) is 8.82. The van der Waals surface area contributed by atoms with Crippen LogP contribution < -0.4 is 4.90 Å². The zero-order chi connectivity index (χ0) is 12.8. The number of rotatable bonds is 5. The van der Waals surface area contributed by atoms with E-state index < -0.39 is 5.97 Å². The van der Waals surface area contributed by atoms with Gasteiger partial charge in [0.05, 0.1) is 5.75 Å². The van der Waals surface area contributed by atoms with Crippen LogP contribution in [0, 0.1) is 6.92 Å². The lowest BCUT2D eigenvalue weighted by atomic mass is 10.2. The Morgan fingerprint density at radius 1 is 1.29 bits per heavy atom. The molecule has 0 saturated heterocycles. The first-order valence-corrected chi connectivity index (χ1v) is 6.51. The zero-order valence-electron chi connectivity index (χ0n) is 9.84. The molecule has 4 nitrogen and oxygen atoms in total. The fourth-order valence-corrected chi connectivity index (χ4v) is 1.79. The van der Waals surface area contributed by atoms with Crippen molar-refractivity contribution in [2.75, 3.05) is 23.5 Å². The second-order valence-electron chi connectivity index (χ2n) is 3.64. The molecule has 5 heteroatoms. The van der Waals surface area contributed by atoms with Gasteiger partial charge in [0.15, 0.2) is 0 Å². The average molecular weight is 253 g/mol. The van der Waals surface area contributed by atoms with Crippen molar-refractivity contribution in [2.45, 2.75) is 6.92 Å². The number of carbonyl (C=O) groups excluding carboxylic acids is 1. The molecule has 0 fully saturated rings. The first-order valence-electron chi connectivity index (χ1n) is 5.12. The van der Waals surface area contributed by atoms with Gasteiger partial charge < -0.3 is 10.0 Å². The number of anilines is 1. The molecule has 0 aliphatic heterocycles. The van der Waals surface area contributed by atoms with Crippen molar-refractivity contribution in [2.24, 2.45) is 0 Å². The van der Waals surface area contributed by atoms with Crippen LogP contribution in [0.2, 0.25) is 0 Å². The van der Waals surface area contributed by atoms with Gasteiger partial charge in [-0.1, -0.05) is 17.7 Å². The number of amides is 1. The fourth-order valence-electron chi connectivity index (χ4n) is 1.38. The fraction of sp³-hybridized carbons (Fsp3) is 0.333. The SMILES string of the molecule is CSCC(=O)N(CC(=O)O)c1ccc(C)cc1. The number of carboxylic acid groups (broad SMARTS) is 1. The molecule has 0 unspecified atom stereocenters. The van der Waals surface area contributed by atoms with Gasteiger partial charge in [0.25, 0.3) is 0 Å². The quantitative estimate of drug-likeness (QED) is 0.869. The van der Waals surface area contributed by atoms with E-state index in [-0.39, 0.29) is 18.2 Å². The molecule has 0 atom stereocenters. The van der Waals surface area contributed by atoms with E-state index in [1.54, 1.807) is 12.1 Å². The lowest BCUT2D eigenvalue weighted by molar-refractivity contribution is -0.136. The van der Waals surface area contributed by atoms with Gasteiger partial charge in [-0.25, -0.2) is 0 Å². The zero-order valence-corrected chi connectivity index (χ0v) is 10.7. The second-order valence-corrected chi connectivity index (χ2v) is 4.51. The highest BCUT2D eigenvalue weighted by Crippen LogP contribution is 2.16. The lowest BCUT2D eigenvalue weighted by Gasteiger charge is -2.20. The van der Waals surface area contributed by atoms with Gasteiger partial charge in [0, 0.05) is 5.69 Å². The number of carbonyl (C=O) groups is 2. The number of hydrogen-bond acceptors (Lipinski definition) is 3. The minimum atomic E-state index is -1.01. The molecule has 0 radical (unpaired) electrons. The Hall–Kier alpha value is -1.49. The van der Waals surface area contributed by atoms with Crippen LogP contribution in [0.5, 0.6) is 0 Å². The molecule has 0 bridgehead atoms. The maximum atomic E-state index is 11.8. The van der Waals surface area contributed by atoms with Crippen LogP contribution in [-0.2, 0) is 9.59 Å². The molecule has 17 heavy (non-hydrogen) atoms. The van der Waals surface area contributed by atoms with E-state index in [0.717, 1.165) is 5.56 Å². The van der Waals surface area contributed by atoms with Crippen LogP contribution >= 0.6 is 11.8 Å². The molecule has 1 amide bonds. The predicted molar refractivity (Wildman–Crippen MR) is 69.5 cm³/mol. The number of benzene rings is 1. The summed E-state index contributed by atoms with van der Waals surface area (Å²) in [5.74, 6) is -0.926. The van der Waals surface area contributed by atoms with E-state index in [1.807, 2.05) is 25.3 Å². The van der Waals surface area contributed by atoms with E-state index in [1.165, 1.54) is 16.7 Å². The third-order valence-corrected chi connectivity index (χ3v) is 2.74. The van der Waals surface area contributed by atoms with Gasteiger partial charge in [0.1, 0.15) is 6.54 Å². The minimum absolute atomic E-state index is 0.191. The van der Waals surface area contributed by atoms with Crippen molar-refractivity contribution in [1.82, 2.24) is 0 Å². The number of aliphatic carboxylic acids is 1.